The van der Waals surface area contributed by atoms with Crippen molar-refractivity contribution in [1.82, 2.24) is 5.32 Å². The summed E-state index contributed by atoms with van der Waals surface area (Å²) in [4.78, 5) is 4.88. The third-order valence-electron chi connectivity index (χ3n) is 3.20. The highest BCUT2D eigenvalue weighted by atomic mass is 32.1. The lowest BCUT2D eigenvalue weighted by Crippen LogP contribution is -2.21. The number of nitrogens with one attached hydrogen (secondary N) is 1. The number of thiophene rings is 1. The highest BCUT2D eigenvalue weighted by Crippen LogP contribution is 2.29. The molecule has 1 heterocycles. The average Bonchev–Trinajstić information content (AvgIpc) is 2.82. The predicted molar refractivity (Wildman–Crippen MR) is 85.3 cm³/mol. The first-order valence-electron chi connectivity index (χ1n) is 6.69. The molecule has 1 aromatic heterocycles. The Morgan fingerprint density at radius 1 is 1.11 bits per heavy atom. The lowest BCUT2D eigenvalue weighted by molar-refractivity contribution is 0.640. The number of rotatable bonds is 5. The number of hydrogen-bond acceptors (Lipinski definition) is 3. The average molecular weight is 274 g/mol. The summed E-state index contributed by atoms with van der Waals surface area (Å²) in [6, 6.07) is 13.5. The van der Waals surface area contributed by atoms with Crippen LogP contribution in [0.3, 0.4) is 0 Å². The van der Waals surface area contributed by atoms with Gasteiger partial charge in [0.05, 0.1) is 6.04 Å². The van der Waals surface area contributed by atoms with Crippen LogP contribution in [0, 0.1) is 6.92 Å². The maximum absolute atomic E-state index is 3.57. The van der Waals surface area contributed by atoms with Gasteiger partial charge in [-0.15, -0.1) is 11.3 Å². The van der Waals surface area contributed by atoms with E-state index in [4.69, 9.17) is 0 Å². The van der Waals surface area contributed by atoms with Crippen molar-refractivity contribution in [2.75, 3.05) is 25.5 Å². The van der Waals surface area contributed by atoms with Crippen LogP contribution in [0.15, 0.2) is 36.4 Å². The summed E-state index contributed by atoms with van der Waals surface area (Å²) in [6.07, 6.45) is 0. The van der Waals surface area contributed by atoms with Crippen LogP contribution >= 0.6 is 11.3 Å². The van der Waals surface area contributed by atoms with E-state index >= 15 is 0 Å². The Hall–Kier alpha value is -1.32. The van der Waals surface area contributed by atoms with Gasteiger partial charge >= 0.3 is 0 Å². The molecule has 0 aliphatic rings. The molecule has 1 aromatic carbocycles. The number of aryl methyl sites for hydroxylation is 1. The molecule has 0 saturated heterocycles. The van der Waals surface area contributed by atoms with Crippen LogP contribution in [0.5, 0.6) is 0 Å². The zero-order valence-electron chi connectivity index (χ0n) is 12.1. The molecule has 19 heavy (non-hydrogen) atoms. The summed E-state index contributed by atoms with van der Waals surface area (Å²) in [6.45, 7) is 5.28. The molecule has 2 aromatic rings. The topological polar surface area (TPSA) is 15.3 Å². The Morgan fingerprint density at radius 3 is 2.26 bits per heavy atom. The van der Waals surface area contributed by atoms with Crippen molar-refractivity contribution in [3.8, 4) is 0 Å². The van der Waals surface area contributed by atoms with E-state index in [-0.39, 0.29) is 0 Å². The third-order valence-corrected chi connectivity index (χ3v) is 4.26. The van der Waals surface area contributed by atoms with Crippen molar-refractivity contribution in [1.29, 1.82) is 0 Å². The lowest BCUT2D eigenvalue weighted by Gasteiger charge is -2.19. The Kier molecular flexibility index (Phi) is 4.61. The molecule has 0 spiro atoms. The first-order valence-corrected chi connectivity index (χ1v) is 7.50. The zero-order chi connectivity index (χ0) is 13.8. The fourth-order valence-corrected chi connectivity index (χ4v) is 3.14. The summed E-state index contributed by atoms with van der Waals surface area (Å²) in [5.74, 6) is 0. The van der Waals surface area contributed by atoms with Crippen LogP contribution in [0.2, 0.25) is 0 Å². The van der Waals surface area contributed by atoms with E-state index in [0.717, 1.165) is 6.54 Å². The highest BCUT2D eigenvalue weighted by Gasteiger charge is 2.14. The zero-order valence-corrected chi connectivity index (χ0v) is 12.9. The largest absolute Gasteiger partial charge is 0.378 e. The Morgan fingerprint density at radius 2 is 1.79 bits per heavy atom. The van der Waals surface area contributed by atoms with E-state index in [0.29, 0.717) is 6.04 Å². The van der Waals surface area contributed by atoms with Gasteiger partial charge in [0.2, 0.25) is 0 Å². The van der Waals surface area contributed by atoms with Crippen molar-refractivity contribution < 1.29 is 0 Å². The van der Waals surface area contributed by atoms with Gasteiger partial charge < -0.3 is 10.2 Å². The Labute approximate surface area is 120 Å². The minimum Gasteiger partial charge on any atom is -0.378 e. The third kappa shape index (κ3) is 3.37. The highest BCUT2D eigenvalue weighted by molar-refractivity contribution is 7.12. The monoisotopic (exact) mass is 274 g/mol. The maximum Gasteiger partial charge on any atom is 0.0671 e. The smallest absolute Gasteiger partial charge is 0.0671 e. The molecular weight excluding hydrogens is 252 g/mol. The molecule has 0 amide bonds. The SMILES string of the molecule is CCNC(c1ccc(N(C)C)cc1)c1ccc(C)s1. The first kappa shape index (κ1) is 14.1. The standard InChI is InChI=1S/C16H22N2S/c1-5-17-16(15-11-6-12(2)19-15)13-7-9-14(10-8-13)18(3)4/h6-11,16-17H,5H2,1-4H3. The minimum atomic E-state index is 0.305. The molecule has 3 heteroatoms. The molecule has 0 aliphatic carbocycles. The molecule has 1 atom stereocenters. The van der Waals surface area contributed by atoms with Crippen molar-refractivity contribution in [2.24, 2.45) is 0 Å². The number of benzene rings is 1. The van der Waals surface area contributed by atoms with E-state index in [9.17, 15) is 0 Å². The molecule has 0 radical (unpaired) electrons. The van der Waals surface area contributed by atoms with Crippen molar-refractivity contribution >= 4 is 17.0 Å². The Bertz CT molecular complexity index is 514. The molecule has 2 rings (SSSR count). The van der Waals surface area contributed by atoms with Crippen molar-refractivity contribution in [3.05, 3.63) is 51.7 Å². The van der Waals surface area contributed by atoms with Gasteiger partial charge in [-0.2, -0.15) is 0 Å². The molecule has 0 bridgehead atoms. The molecule has 0 fully saturated rings. The van der Waals surface area contributed by atoms with Crippen LogP contribution in [0.4, 0.5) is 5.69 Å². The number of hydrogen-bond donors (Lipinski definition) is 1. The van der Waals surface area contributed by atoms with Gasteiger partial charge in [-0.05, 0) is 43.3 Å². The fourth-order valence-electron chi connectivity index (χ4n) is 2.16. The van der Waals surface area contributed by atoms with Gasteiger partial charge in [0, 0.05) is 29.5 Å². The minimum absolute atomic E-state index is 0.305. The maximum atomic E-state index is 3.57. The number of anilines is 1. The van der Waals surface area contributed by atoms with Crippen LogP contribution in [-0.2, 0) is 0 Å². The van der Waals surface area contributed by atoms with Crippen LogP contribution in [0.1, 0.15) is 28.3 Å². The van der Waals surface area contributed by atoms with E-state index < -0.39 is 0 Å². The summed E-state index contributed by atoms with van der Waals surface area (Å²) in [5, 5.41) is 3.57. The summed E-state index contributed by atoms with van der Waals surface area (Å²) >= 11 is 1.87. The molecule has 1 N–H and O–H groups in total. The molecule has 0 aliphatic heterocycles. The Balaban J connectivity index is 2.28. The lowest BCUT2D eigenvalue weighted by atomic mass is 10.0. The van der Waals surface area contributed by atoms with Crippen molar-refractivity contribution in [3.63, 3.8) is 0 Å². The van der Waals surface area contributed by atoms with Gasteiger partial charge in [0.25, 0.3) is 0 Å². The molecule has 0 saturated carbocycles. The van der Waals surface area contributed by atoms with Crippen LogP contribution in [0.25, 0.3) is 0 Å². The molecule has 102 valence electrons. The fraction of sp³-hybridized carbons (Fsp3) is 0.375. The van der Waals surface area contributed by atoms with Gasteiger partial charge in [-0.1, -0.05) is 19.1 Å². The first-order chi connectivity index (χ1) is 9.11. The van der Waals surface area contributed by atoms with Crippen LogP contribution in [-0.4, -0.2) is 20.6 Å². The summed E-state index contributed by atoms with van der Waals surface area (Å²) in [7, 11) is 4.14. The predicted octanol–water partition coefficient (Wildman–Crippen LogP) is 3.82. The summed E-state index contributed by atoms with van der Waals surface area (Å²) in [5.41, 5.74) is 2.57. The van der Waals surface area contributed by atoms with Gasteiger partial charge in [0.1, 0.15) is 0 Å². The second kappa shape index (κ2) is 6.22. The summed E-state index contributed by atoms with van der Waals surface area (Å²) < 4.78 is 0. The molecule has 1 unspecified atom stereocenters. The van der Waals surface area contributed by atoms with Crippen molar-refractivity contribution in [2.45, 2.75) is 19.9 Å². The quantitative estimate of drug-likeness (QED) is 0.891. The van der Waals surface area contributed by atoms with E-state index in [1.165, 1.54) is 21.0 Å². The van der Waals surface area contributed by atoms with E-state index in [2.05, 4.69) is 74.6 Å². The normalized spacial score (nSPS) is 12.4. The van der Waals surface area contributed by atoms with E-state index in [1.807, 2.05) is 11.3 Å². The van der Waals surface area contributed by atoms with Gasteiger partial charge in [-0.25, -0.2) is 0 Å². The van der Waals surface area contributed by atoms with Crippen LogP contribution < -0.4 is 10.2 Å². The van der Waals surface area contributed by atoms with Gasteiger partial charge in [0.15, 0.2) is 0 Å². The van der Waals surface area contributed by atoms with Gasteiger partial charge in [-0.3, -0.25) is 0 Å². The number of nitrogens with zero attached hydrogens (tertiary/aromatic N) is 1. The second-order valence-corrected chi connectivity index (χ2v) is 6.24. The molecule has 2 nitrogen and oxygen atoms in total. The second-order valence-electron chi connectivity index (χ2n) is 4.93. The molecular formula is C16H22N2S. The van der Waals surface area contributed by atoms with E-state index in [1.54, 1.807) is 0 Å².